The first-order valence-electron chi connectivity index (χ1n) is 9.43. The molecular weight excluding hydrogens is 370 g/mol. The van der Waals surface area contributed by atoms with Crippen molar-refractivity contribution in [3.05, 3.63) is 88.5 Å². The summed E-state index contributed by atoms with van der Waals surface area (Å²) in [5.74, 6) is 0.640. The van der Waals surface area contributed by atoms with Gasteiger partial charge in [0.25, 0.3) is 0 Å². The number of fused-ring (bicyclic) bond motifs is 5. The summed E-state index contributed by atoms with van der Waals surface area (Å²) in [6, 6.07) is 19.5. The van der Waals surface area contributed by atoms with Gasteiger partial charge < -0.3 is 9.50 Å². The number of rotatable bonds is 3. The summed E-state index contributed by atoms with van der Waals surface area (Å²) in [6.07, 6.45) is 0.929. The normalized spacial score (nSPS) is 19.5. The van der Waals surface area contributed by atoms with Gasteiger partial charge in [-0.2, -0.15) is 8.42 Å². The highest BCUT2D eigenvalue weighted by molar-refractivity contribution is 7.87. The van der Waals surface area contributed by atoms with Crippen molar-refractivity contribution in [3.8, 4) is 5.75 Å². The van der Waals surface area contributed by atoms with Crippen LogP contribution in [0.2, 0.25) is 0 Å². The van der Waals surface area contributed by atoms with E-state index >= 15 is 0 Å². The standard InChI is InChI=1S/C23H21NO3S/c1-14-7-10-17(11-8-14)28(25,26)27-23-15(2)9-12-19-21-18-6-4-3-5-16(18)13-20(21)24-22(19)23/h3-12,20-21,24H,13H2,1-2H3/t20-,21-/m0/s1. The predicted molar refractivity (Wildman–Crippen MR) is 110 cm³/mol. The fourth-order valence-corrected chi connectivity index (χ4v) is 5.38. The molecule has 4 nitrogen and oxygen atoms in total. The lowest BCUT2D eigenvalue weighted by Crippen LogP contribution is -2.17. The maximum absolute atomic E-state index is 12.9. The lowest BCUT2D eigenvalue weighted by Gasteiger charge is -2.15. The molecule has 0 aromatic heterocycles. The summed E-state index contributed by atoms with van der Waals surface area (Å²) in [5, 5.41) is 3.55. The highest BCUT2D eigenvalue weighted by Crippen LogP contribution is 2.51. The Morgan fingerprint density at radius 2 is 1.68 bits per heavy atom. The zero-order chi connectivity index (χ0) is 19.5. The van der Waals surface area contributed by atoms with E-state index in [4.69, 9.17) is 4.18 Å². The third-order valence-electron chi connectivity index (χ3n) is 5.79. The molecule has 5 rings (SSSR count). The van der Waals surface area contributed by atoms with Crippen LogP contribution in [0.4, 0.5) is 5.69 Å². The molecule has 0 bridgehead atoms. The summed E-state index contributed by atoms with van der Waals surface area (Å²) in [7, 11) is -3.90. The van der Waals surface area contributed by atoms with Gasteiger partial charge in [0.2, 0.25) is 0 Å². The Morgan fingerprint density at radius 1 is 0.929 bits per heavy atom. The Kier molecular flexibility index (Phi) is 3.78. The van der Waals surface area contributed by atoms with Gasteiger partial charge in [0.1, 0.15) is 4.90 Å². The summed E-state index contributed by atoms with van der Waals surface area (Å²) >= 11 is 0. The monoisotopic (exact) mass is 391 g/mol. The quantitative estimate of drug-likeness (QED) is 0.666. The zero-order valence-electron chi connectivity index (χ0n) is 15.8. The molecule has 2 aliphatic rings. The molecule has 0 amide bonds. The van der Waals surface area contributed by atoms with Crippen LogP contribution in [-0.2, 0) is 16.5 Å². The third kappa shape index (κ3) is 2.61. The second-order valence-corrected chi connectivity index (χ2v) is 9.20. The smallest absolute Gasteiger partial charge is 0.339 e. The molecule has 3 aromatic rings. The maximum Gasteiger partial charge on any atom is 0.339 e. The van der Waals surface area contributed by atoms with Crippen LogP contribution in [-0.4, -0.2) is 14.5 Å². The molecule has 2 atom stereocenters. The first kappa shape index (κ1) is 17.3. The molecule has 1 heterocycles. The molecule has 3 aromatic carbocycles. The van der Waals surface area contributed by atoms with E-state index in [1.165, 1.54) is 11.1 Å². The van der Waals surface area contributed by atoms with Crippen molar-refractivity contribution < 1.29 is 12.6 Å². The highest BCUT2D eigenvalue weighted by atomic mass is 32.2. The van der Waals surface area contributed by atoms with Crippen LogP contribution >= 0.6 is 0 Å². The van der Waals surface area contributed by atoms with Crippen molar-refractivity contribution in [1.82, 2.24) is 0 Å². The average Bonchev–Trinajstić information content (AvgIpc) is 3.20. The van der Waals surface area contributed by atoms with Crippen molar-refractivity contribution in [3.63, 3.8) is 0 Å². The van der Waals surface area contributed by atoms with Gasteiger partial charge in [0, 0.05) is 12.0 Å². The highest BCUT2D eigenvalue weighted by Gasteiger charge is 2.41. The van der Waals surface area contributed by atoms with Gasteiger partial charge in [0.05, 0.1) is 5.69 Å². The van der Waals surface area contributed by atoms with Gasteiger partial charge in [0.15, 0.2) is 5.75 Å². The van der Waals surface area contributed by atoms with Crippen LogP contribution in [0.25, 0.3) is 0 Å². The molecule has 5 heteroatoms. The first-order valence-corrected chi connectivity index (χ1v) is 10.8. The molecular formula is C23H21NO3S. The molecule has 28 heavy (non-hydrogen) atoms. The van der Waals surface area contributed by atoms with Gasteiger partial charge in [-0.15, -0.1) is 0 Å². The van der Waals surface area contributed by atoms with Crippen molar-refractivity contribution >= 4 is 15.8 Å². The Labute approximate surface area is 165 Å². The Hall–Kier alpha value is -2.79. The van der Waals surface area contributed by atoms with E-state index in [0.29, 0.717) is 5.75 Å². The predicted octanol–water partition coefficient (Wildman–Crippen LogP) is 4.55. The van der Waals surface area contributed by atoms with Gasteiger partial charge in [-0.3, -0.25) is 0 Å². The summed E-state index contributed by atoms with van der Waals surface area (Å²) in [4.78, 5) is 0.165. The molecule has 142 valence electrons. The molecule has 0 saturated carbocycles. The Balaban J connectivity index is 1.57. The van der Waals surface area contributed by atoms with Gasteiger partial charge in [-0.1, -0.05) is 54.1 Å². The first-order chi connectivity index (χ1) is 13.4. The summed E-state index contributed by atoms with van der Waals surface area (Å²) in [5.41, 5.74) is 6.38. The molecule has 1 aliphatic heterocycles. The molecule has 0 saturated heterocycles. The van der Waals surface area contributed by atoms with E-state index in [1.807, 2.05) is 19.9 Å². The zero-order valence-corrected chi connectivity index (χ0v) is 16.6. The minimum atomic E-state index is -3.90. The second-order valence-electron chi connectivity index (χ2n) is 7.66. The summed E-state index contributed by atoms with van der Waals surface area (Å²) in [6.45, 7) is 3.80. The topological polar surface area (TPSA) is 55.4 Å². The summed E-state index contributed by atoms with van der Waals surface area (Å²) < 4.78 is 31.4. The van der Waals surface area contributed by atoms with Crippen molar-refractivity contribution in [2.24, 2.45) is 0 Å². The van der Waals surface area contributed by atoms with Crippen LogP contribution in [0.1, 0.15) is 33.7 Å². The van der Waals surface area contributed by atoms with Crippen LogP contribution in [0.15, 0.2) is 65.6 Å². The van der Waals surface area contributed by atoms with Crippen LogP contribution in [0, 0.1) is 13.8 Å². The van der Waals surface area contributed by atoms with Crippen LogP contribution < -0.4 is 9.50 Å². The Morgan fingerprint density at radius 3 is 2.46 bits per heavy atom. The molecule has 0 radical (unpaired) electrons. The van der Waals surface area contributed by atoms with Gasteiger partial charge >= 0.3 is 10.1 Å². The lowest BCUT2D eigenvalue weighted by atomic mass is 9.92. The van der Waals surface area contributed by atoms with E-state index in [2.05, 4.69) is 35.6 Å². The third-order valence-corrected chi connectivity index (χ3v) is 7.02. The Bertz CT molecular complexity index is 1180. The fraction of sp³-hybridized carbons (Fsp3) is 0.217. The number of hydrogen-bond donors (Lipinski definition) is 1. The minimum Gasteiger partial charge on any atom is -0.378 e. The molecule has 0 unspecified atom stereocenters. The van der Waals surface area contributed by atoms with Crippen molar-refractivity contribution in [2.75, 3.05) is 5.32 Å². The molecule has 0 spiro atoms. The molecule has 1 aliphatic carbocycles. The van der Waals surface area contributed by atoms with E-state index in [9.17, 15) is 8.42 Å². The van der Waals surface area contributed by atoms with Gasteiger partial charge in [-0.25, -0.2) is 0 Å². The van der Waals surface area contributed by atoms with E-state index in [1.54, 1.807) is 24.3 Å². The van der Waals surface area contributed by atoms with Crippen molar-refractivity contribution in [1.29, 1.82) is 0 Å². The maximum atomic E-state index is 12.9. The van der Waals surface area contributed by atoms with Crippen LogP contribution in [0.3, 0.4) is 0 Å². The van der Waals surface area contributed by atoms with E-state index in [-0.39, 0.29) is 16.9 Å². The number of aryl methyl sites for hydroxylation is 2. The number of benzene rings is 3. The second kappa shape index (κ2) is 6.11. The number of nitrogens with one attached hydrogen (secondary N) is 1. The molecule has 1 N–H and O–H groups in total. The average molecular weight is 391 g/mol. The van der Waals surface area contributed by atoms with E-state index in [0.717, 1.165) is 28.8 Å². The largest absolute Gasteiger partial charge is 0.378 e. The SMILES string of the molecule is Cc1ccc(S(=O)(=O)Oc2c(C)ccc3c2N[C@H]2Cc4ccccc4[C@@H]32)cc1. The van der Waals surface area contributed by atoms with Crippen LogP contribution in [0.5, 0.6) is 5.75 Å². The van der Waals surface area contributed by atoms with Crippen molar-refractivity contribution in [2.45, 2.75) is 37.1 Å². The fourth-order valence-electron chi connectivity index (χ4n) is 4.38. The van der Waals surface area contributed by atoms with E-state index < -0.39 is 10.1 Å². The molecule has 0 fully saturated rings. The number of hydrogen-bond acceptors (Lipinski definition) is 4. The lowest BCUT2D eigenvalue weighted by molar-refractivity contribution is 0.485. The number of anilines is 1. The minimum absolute atomic E-state index is 0.165. The van der Waals surface area contributed by atoms with Gasteiger partial charge in [-0.05, 0) is 54.7 Å².